The lowest BCUT2D eigenvalue weighted by Gasteiger charge is -1.88. The molecule has 0 nitrogen and oxygen atoms in total. The van der Waals surface area contributed by atoms with Crippen LogP contribution in [0.4, 0.5) is 0 Å². The highest BCUT2D eigenvalue weighted by Gasteiger charge is 1.79. The van der Waals surface area contributed by atoms with Crippen molar-refractivity contribution < 1.29 is 0 Å². The standard InChI is InChI=1S/C9H10S/c1-10-8-7-9-5-3-2-4-6-9/h2-8H,1H3. The van der Waals surface area contributed by atoms with Gasteiger partial charge in [-0.15, -0.1) is 11.8 Å². The fourth-order valence-corrected chi connectivity index (χ4v) is 1.00. The van der Waals surface area contributed by atoms with Gasteiger partial charge in [0.2, 0.25) is 0 Å². The van der Waals surface area contributed by atoms with E-state index in [1.165, 1.54) is 5.56 Å². The van der Waals surface area contributed by atoms with Crippen LogP contribution in [-0.4, -0.2) is 6.26 Å². The number of benzene rings is 1. The predicted molar refractivity (Wildman–Crippen MR) is 49.0 cm³/mol. The number of hydrogen-bond acceptors (Lipinski definition) is 1. The zero-order valence-corrected chi connectivity index (χ0v) is 6.77. The molecule has 0 fully saturated rings. The Morgan fingerprint density at radius 2 is 1.90 bits per heavy atom. The van der Waals surface area contributed by atoms with Gasteiger partial charge in [-0.1, -0.05) is 30.3 Å². The maximum Gasteiger partial charge on any atom is -0.0142 e. The minimum atomic E-state index is 1.26. The maximum absolute atomic E-state index is 2.10. The van der Waals surface area contributed by atoms with E-state index >= 15 is 0 Å². The van der Waals surface area contributed by atoms with Crippen LogP contribution < -0.4 is 0 Å². The van der Waals surface area contributed by atoms with Crippen molar-refractivity contribution in [1.29, 1.82) is 0 Å². The van der Waals surface area contributed by atoms with Gasteiger partial charge in [-0.3, -0.25) is 0 Å². The highest BCUT2D eigenvalue weighted by atomic mass is 32.2. The Kier molecular flexibility index (Phi) is 3.10. The summed E-state index contributed by atoms with van der Waals surface area (Å²) in [6.45, 7) is 0. The number of rotatable bonds is 2. The van der Waals surface area contributed by atoms with Crippen molar-refractivity contribution >= 4 is 17.8 Å². The molecule has 0 N–H and O–H groups in total. The molecule has 0 heterocycles. The van der Waals surface area contributed by atoms with Crippen LogP contribution in [0.15, 0.2) is 35.7 Å². The van der Waals surface area contributed by atoms with E-state index in [-0.39, 0.29) is 0 Å². The normalized spacial score (nSPS) is 10.5. The Labute approximate surface area is 66.0 Å². The molecule has 10 heavy (non-hydrogen) atoms. The van der Waals surface area contributed by atoms with Crippen molar-refractivity contribution in [1.82, 2.24) is 0 Å². The van der Waals surface area contributed by atoms with Crippen LogP contribution in [0.3, 0.4) is 0 Å². The van der Waals surface area contributed by atoms with Gasteiger partial charge < -0.3 is 0 Å². The Balaban J connectivity index is 2.67. The van der Waals surface area contributed by atoms with E-state index in [9.17, 15) is 0 Å². The average Bonchev–Trinajstić information content (AvgIpc) is 2.03. The van der Waals surface area contributed by atoms with Crippen LogP contribution in [-0.2, 0) is 0 Å². The molecular formula is C9H10S. The second-order valence-corrected chi connectivity index (χ2v) is 2.69. The Morgan fingerprint density at radius 3 is 2.50 bits per heavy atom. The second-order valence-electron chi connectivity index (χ2n) is 1.95. The van der Waals surface area contributed by atoms with Gasteiger partial charge in [0.15, 0.2) is 0 Å². The molecule has 1 aromatic rings. The summed E-state index contributed by atoms with van der Waals surface area (Å²) >= 11 is 1.72. The molecule has 0 spiro atoms. The summed E-state index contributed by atoms with van der Waals surface area (Å²) in [5.74, 6) is 0. The maximum atomic E-state index is 2.10. The molecule has 0 saturated carbocycles. The lowest BCUT2D eigenvalue weighted by molar-refractivity contribution is 1.67. The van der Waals surface area contributed by atoms with Crippen molar-refractivity contribution in [2.45, 2.75) is 0 Å². The van der Waals surface area contributed by atoms with Crippen molar-refractivity contribution in [3.05, 3.63) is 41.3 Å². The molecule has 0 aliphatic rings. The minimum Gasteiger partial charge on any atom is -0.138 e. The number of thioether (sulfide) groups is 1. The van der Waals surface area contributed by atoms with Crippen LogP contribution in [0, 0.1) is 0 Å². The first-order chi connectivity index (χ1) is 4.93. The van der Waals surface area contributed by atoms with Gasteiger partial charge in [-0.2, -0.15) is 0 Å². The summed E-state index contributed by atoms with van der Waals surface area (Å²) in [6, 6.07) is 10.3. The molecule has 1 heteroatoms. The highest BCUT2D eigenvalue weighted by Crippen LogP contribution is 2.04. The van der Waals surface area contributed by atoms with E-state index in [0.717, 1.165) is 0 Å². The molecule has 0 aliphatic heterocycles. The third-order valence-electron chi connectivity index (χ3n) is 1.20. The zero-order valence-electron chi connectivity index (χ0n) is 5.95. The topological polar surface area (TPSA) is 0 Å². The van der Waals surface area contributed by atoms with Crippen molar-refractivity contribution in [2.24, 2.45) is 0 Å². The largest absolute Gasteiger partial charge is 0.138 e. The predicted octanol–water partition coefficient (Wildman–Crippen LogP) is 3.02. The van der Waals surface area contributed by atoms with E-state index in [4.69, 9.17) is 0 Å². The summed E-state index contributed by atoms with van der Waals surface area (Å²) in [6.07, 6.45) is 4.16. The highest BCUT2D eigenvalue weighted by molar-refractivity contribution is 8.01. The molecular weight excluding hydrogens is 140 g/mol. The summed E-state index contributed by atoms with van der Waals surface area (Å²) in [5, 5.41) is 2.08. The van der Waals surface area contributed by atoms with Gasteiger partial charge in [0.1, 0.15) is 0 Å². The lowest BCUT2D eigenvalue weighted by atomic mass is 10.2. The molecule has 0 amide bonds. The van der Waals surface area contributed by atoms with Crippen molar-refractivity contribution in [3.63, 3.8) is 0 Å². The molecule has 0 unspecified atom stereocenters. The Bertz CT molecular complexity index is 201. The molecule has 0 radical (unpaired) electrons. The fourth-order valence-electron chi connectivity index (χ4n) is 0.711. The third kappa shape index (κ3) is 2.28. The molecule has 0 aliphatic carbocycles. The summed E-state index contributed by atoms with van der Waals surface area (Å²) in [4.78, 5) is 0. The van der Waals surface area contributed by atoms with Crippen LogP contribution in [0.5, 0.6) is 0 Å². The van der Waals surface area contributed by atoms with Crippen LogP contribution in [0.25, 0.3) is 6.08 Å². The first kappa shape index (κ1) is 7.42. The summed E-state index contributed by atoms with van der Waals surface area (Å²) in [7, 11) is 0. The van der Waals surface area contributed by atoms with Gasteiger partial charge in [0.05, 0.1) is 0 Å². The van der Waals surface area contributed by atoms with E-state index in [1.54, 1.807) is 11.8 Å². The van der Waals surface area contributed by atoms with E-state index < -0.39 is 0 Å². The molecule has 52 valence electrons. The van der Waals surface area contributed by atoms with E-state index in [0.29, 0.717) is 0 Å². The second kappa shape index (κ2) is 4.18. The van der Waals surface area contributed by atoms with Gasteiger partial charge in [0, 0.05) is 0 Å². The van der Waals surface area contributed by atoms with Gasteiger partial charge in [-0.25, -0.2) is 0 Å². The summed E-state index contributed by atoms with van der Waals surface area (Å²) < 4.78 is 0. The first-order valence-electron chi connectivity index (χ1n) is 3.18. The van der Waals surface area contributed by atoms with Gasteiger partial charge >= 0.3 is 0 Å². The van der Waals surface area contributed by atoms with Crippen molar-refractivity contribution in [2.75, 3.05) is 6.26 Å². The van der Waals surface area contributed by atoms with Crippen LogP contribution in [0.2, 0.25) is 0 Å². The van der Waals surface area contributed by atoms with E-state index in [2.05, 4.69) is 29.9 Å². The Morgan fingerprint density at radius 1 is 1.20 bits per heavy atom. The number of hydrogen-bond donors (Lipinski definition) is 0. The summed E-state index contributed by atoms with van der Waals surface area (Å²) in [5.41, 5.74) is 1.26. The monoisotopic (exact) mass is 150 g/mol. The van der Waals surface area contributed by atoms with Gasteiger partial charge in [-0.05, 0) is 23.3 Å². The zero-order chi connectivity index (χ0) is 7.23. The molecule has 1 aromatic carbocycles. The Hall–Kier alpha value is -0.690. The third-order valence-corrected chi connectivity index (χ3v) is 1.60. The first-order valence-corrected chi connectivity index (χ1v) is 4.46. The smallest absolute Gasteiger partial charge is 0.0142 e. The molecule has 0 saturated heterocycles. The average molecular weight is 150 g/mol. The van der Waals surface area contributed by atoms with Crippen LogP contribution in [0.1, 0.15) is 5.56 Å². The molecule has 0 bridgehead atoms. The molecule has 0 atom stereocenters. The molecule has 1 rings (SSSR count). The van der Waals surface area contributed by atoms with Crippen LogP contribution >= 0.6 is 11.8 Å². The van der Waals surface area contributed by atoms with Crippen molar-refractivity contribution in [3.8, 4) is 0 Å². The molecule has 0 aromatic heterocycles. The SMILES string of the molecule is CSC=Cc1ccccc1. The lowest BCUT2D eigenvalue weighted by Crippen LogP contribution is -1.65. The quantitative estimate of drug-likeness (QED) is 0.624. The fraction of sp³-hybridized carbons (Fsp3) is 0.111. The minimum absolute atomic E-state index is 1.26. The van der Waals surface area contributed by atoms with Gasteiger partial charge in [0.25, 0.3) is 0 Å². The van der Waals surface area contributed by atoms with E-state index in [1.807, 2.05) is 18.2 Å².